The molecular weight excluding hydrogens is 278 g/mol. The van der Waals surface area contributed by atoms with E-state index < -0.39 is 10.1 Å². The molecule has 0 aromatic heterocycles. The van der Waals surface area contributed by atoms with E-state index in [0.29, 0.717) is 16.3 Å². The van der Waals surface area contributed by atoms with Gasteiger partial charge >= 0.3 is 0 Å². The van der Waals surface area contributed by atoms with Crippen LogP contribution in [0.15, 0.2) is 22.0 Å². The maximum atomic E-state index is 11.5. The summed E-state index contributed by atoms with van der Waals surface area (Å²) in [7, 11) is -4.41. The molecule has 2 rings (SSSR count). The summed E-state index contributed by atoms with van der Waals surface area (Å²) < 4.78 is 32.2. The predicted molar refractivity (Wildman–Crippen MR) is 78.8 cm³/mol. The van der Waals surface area contributed by atoms with Crippen molar-refractivity contribution in [2.24, 2.45) is 4.99 Å². The third-order valence-corrected chi connectivity index (χ3v) is 4.40. The van der Waals surface area contributed by atoms with Gasteiger partial charge in [0.2, 0.25) is 0 Å². The van der Waals surface area contributed by atoms with E-state index in [4.69, 9.17) is 0 Å². The third kappa shape index (κ3) is 2.07. The first-order valence-electron chi connectivity index (χ1n) is 5.89. The van der Waals surface area contributed by atoms with E-state index in [2.05, 4.69) is 11.7 Å². The van der Waals surface area contributed by atoms with Crippen LogP contribution in [0.4, 0.5) is 5.69 Å². The number of phenols is 1. The minimum Gasteiger partial charge on any atom is -0.507 e. The summed E-state index contributed by atoms with van der Waals surface area (Å²) in [6.45, 7) is 8.56. The van der Waals surface area contributed by atoms with Crippen LogP contribution in [0.3, 0.4) is 0 Å². The molecule has 2 N–H and O–H groups in total. The van der Waals surface area contributed by atoms with E-state index in [1.54, 1.807) is 19.9 Å². The average molecular weight is 293 g/mol. The van der Waals surface area contributed by atoms with Crippen molar-refractivity contribution in [2.75, 3.05) is 0 Å². The van der Waals surface area contributed by atoms with Gasteiger partial charge in [0.05, 0.1) is 5.69 Å². The summed E-state index contributed by atoms with van der Waals surface area (Å²) in [5, 5.41) is 11.3. The topological polar surface area (TPSA) is 87.0 Å². The molecule has 2 aromatic rings. The Kier molecular flexibility index (Phi) is 3.31. The summed E-state index contributed by atoms with van der Waals surface area (Å²) >= 11 is 0. The smallest absolute Gasteiger partial charge is 0.296 e. The highest BCUT2D eigenvalue weighted by Crippen LogP contribution is 2.40. The molecule has 6 heteroatoms. The molecule has 0 aliphatic carbocycles. The lowest BCUT2D eigenvalue weighted by Gasteiger charge is -2.14. The van der Waals surface area contributed by atoms with Crippen molar-refractivity contribution in [1.82, 2.24) is 0 Å². The first-order chi connectivity index (χ1) is 9.18. The van der Waals surface area contributed by atoms with Crippen LogP contribution in [0, 0.1) is 20.8 Å². The standard InChI is InChI=1S/C14H15NO4S/c1-7-5-10-6-11(20(17,18)19)13(15-4)9(3)12(10)14(16)8(7)2/h5-6,16H,4H2,1-3H3,(H,17,18,19). The minimum atomic E-state index is -4.41. The largest absolute Gasteiger partial charge is 0.507 e. The monoisotopic (exact) mass is 293 g/mol. The zero-order chi connectivity index (χ0) is 15.2. The maximum Gasteiger partial charge on any atom is 0.296 e. The van der Waals surface area contributed by atoms with Gasteiger partial charge in [-0.1, -0.05) is 6.07 Å². The minimum absolute atomic E-state index is 0.0542. The second kappa shape index (κ2) is 4.57. The average Bonchev–Trinajstić information content (AvgIpc) is 2.34. The van der Waals surface area contributed by atoms with Gasteiger partial charge in [0.15, 0.2) is 0 Å². The molecule has 0 aliphatic heterocycles. The maximum absolute atomic E-state index is 11.5. The highest BCUT2D eigenvalue weighted by molar-refractivity contribution is 7.86. The molecule has 106 valence electrons. The van der Waals surface area contributed by atoms with Gasteiger partial charge in [-0.3, -0.25) is 9.55 Å². The summed E-state index contributed by atoms with van der Waals surface area (Å²) in [5.74, 6) is 0.0873. The fourth-order valence-electron chi connectivity index (χ4n) is 2.34. The molecule has 0 saturated heterocycles. The van der Waals surface area contributed by atoms with Crippen LogP contribution in [0.1, 0.15) is 16.7 Å². The van der Waals surface area contributed by atoms with E-state index in [1.807, 2.05) is 6.92 Å². The number of aromatic hydroxyl groups is 1. The van der Waals surface area contributed by atoms with E-state index in [1.165, 1.54) is 6.07 Å². The summed E-state index contributed by atoms with van der Waals surface area (Å²) in [6.07, 6.45) is 0. The second-order valence-electron chi connectivity index (χ2n) is 4.75. The first-order valence-corrected chi connectivity index (χ1v) is 7.33. The van der Waals surface area contributed by atoms with Crippen molar-refractivity contribution < 1.29 is 18.1 Å². The third-order valence-electron chi connectivity index (χ3n) is 3.53. The van der Waals surface area contributed by atoms with Crippen LogP contribution in [-0.2, 0) is 10.1 Å². The summed E-state index contributed by atoms with van der Waals surface area (Å²) in [5.41, 5.74) is 2.06. The van der Waals surface area contributed by atoms with E-state index in [0.717, 1.165) is 11.1 Å². The molecule has 0 unspecified atom stereocenters. The first kappa shape index (κ1) is 14.5. The van der Waals surface area contributed by atoms with Crippen molar-refractivity contribution in [2.45, 2.75) is 25.7 Å². The van der Waals surface area contributed by atoms with Gasteiger partial charge in [0.25, 0.3) is 10.1 Å². The molecule has 2 aromatic carbocycles. The number of hydrogen-bond acceptors (Lipinski definition) is 4. The quantitative estimate of drug-likeness (QED) is 0.658. The number of hydrogen-bond donors (Lipinski definition) is 2. The van der Waals surface area contributed by atoms with Crippen LogP contribution in [0.25, 0.3) is 10.8 Å². The van der Waals surface area contributed by atoms with Crippen LogP contribution < -0.4 is 0 Å². The van der Waals surface area contributed by atoms with Gasteiger partial charge in [0, 0.05) is 5.39 Å². The number of aliphatic imine (C=N–C) groups is 1. The number of aryl methyl sites for hydroxylation is 2. The highest BCUT2D eigenvalue weighted by Gasteiger charge is 2.21. The van der Waals surface area contributed by atoms with Crippen molar-refractivity contribution in [1.29, 1.82) is 0 Å². The predicted octanol–water partition coefficient (Wildman–Crippen LogP) is 3.05. The van der Waals surface area contributed by atoms with Crippen molar-refractivity contribution in [3.8, 4) is 5.75 Å². The molecule has 0 aliphatic rings. The normalized spacial score (nSPS) is 11.8. The number of phenolic OH excluding ortho intramolecular Hbond substituents is 1. The fraction of sp³-hybridized carbons (Fsp3) is 0.214. The molecule has 0 fully saturated rings. The van der Waals surface area contributed by atoms with Crippen LogP contribution in [0.2, 0.25) is 0 Å². The zero-order valence-electron chi connectivity index (χ0n) is 11.4. The van der Waals surface area contributed by atoms with Gasteiger partial charge in [0.1, 0.15) is 10.6 Å². The number of rotatable bonds is 2. The Morgan fingerprint density at radius 1 is 1.15 bits per heavy atom. The van der Waals surface area contributed by atoms with E-state index in [9.17, 15) is 18.1 Å². The zero-order valence-corrected chi connectivity index (χ0v) is 12.2. The lowest BCUT2D eigenvalue weighted by Crippen LogP contribution is -2.01. The Morgan fingerprint density at radius 3 is 2.25 bits per heavy atom. The molecule has 0 radical (unpaired) electrons. The summed E-state index contributed by atoms with van der Waals surface area (Å²) in [6, 6.07) is 3.06. The molecule has 0 bridgehead atoms. The SMILES string of the molecule is C=Nc1c(S(=O)(=O)O)cc2cc(C)c(C)c(O)c2c1C. The Hall–Kier alpha value is -1.92. The molecule has 0 spiro atoms. The van der Waals surface area contributed by atoms with E-state index in [-0.39, 0.29) is 16.3 Å². The Labute approximate surface area is 117 Å². The Bertz CT molecular complexity index is 838. The van der Waals surface area contributed by atoms with Crippen molar-refractivity contribution in [3.63, 3.8) is 0 Å². The Morgan fingerprint density at radius 2 is 1.75 bits per heavy atom. The number of fused-ring (bicyclic) bond motifs is 1. The van der Waals surface area contributed by atoms with Crippen LogP contribution in [0.5, 0.6) is 5.75 Å². The molecule has 20 heavy (non-hydrogen) atoms. The van der Waals surface area contributed by atoms with Gasteiger partial charge in [-0.15, -0.1) is 0 Å². The highest BCUT2D eigenvalue weighted by atomic mass is 32.2. The van der Waals surface area contributed by atoms with Crippen molar-refractivity contribution in [3.05, 3.63) is 28.8 Å². The molecule has 0 amide bonds. The van der Waals surface area contributed by atoms with Gasteiger partial charge in [-0.2, -0.15) is 8.42 Å². The summed E-state index contributed by atoms with van der Waals surface area (Å²) in [4.78, 5) is 3.37. The van der Waals surface area contributed by atoms with Gasteiger partial charge < -0.3 is 5.11 Å². The second-order valence-corrected chi connectivity index (χ2v) is 6.14. The molecule has 0 saturated carbocycles. The van der Waals surface area contributed by atoms with Crippen molar-refractivity contribution >= 4 is 33.3 Å². The van der Waals surface area contributed by atoms with Crippen LogP contribution >= 0.6 is 0 Å². The van der Waals surface area contributed by atoms with E-state index >= 15 is 0 Å². The lowest BCUT2D eigenvalue weighted by atomic mass is 9.97. The van der Waals surface area contributed by atoms with Crippen LogP contribution in [-0.4, -0.2) is 24.8 Å². The lowest BCUT2D eigenvalue weighted by molar-refractivity contribution is 0.476. The molecule has 0 heterocycles. The molecular formula is C14H15NO4S. The molecule has 5 nitrogen and oxygen atoms in total. The number of benzene rings is 2. The Balaban J connectivity index is 3.11. The van der Waals surface area contributed by atoms with Gasteiger partial charge in [-0.05, 0) is 55.6 Å². The fourth-order valence-corrected chi connectivity index (χ4v) is 3.08. The van der Waals surface area contributed by atoms with Gasteiger partial charge in [-0.25, -0.2) is 0 Å². The molecule has 0 atom stereocenters. The number of nitrogens with zero attached hydrogens (tertiary/aromatic N) is 1.